The highest BCUT2D eigenvalue weighted by atomic mass is 16.1. The van der Waals surface area contributed by atoms with Crippen LogP contribution in [0.25, 0.3) is 39.8 Å². The first-order chi connectivity index (χ1) is 18.1. The SMILES string of the molecule is C[C@@H]1c2c(cc3c(=O)n4c(c(=O)n23)=Cc2c([nH]c3ccccc23)C(C)(C)C=C4)-c2ccccc2NC1(C)C. The van der Waals surface area contributed by atoms with Gasteiger partial charge in [-0.25, -0.2) is 0 Å². The van der Waals surface area contributed by atoms with Gasteiger partial charge in [-0.1, -0.05) is 63.2 Å². The van der Waals surface area contributed by atoms with Crippen molar-refractivity contribution in [1.29, 1.82) is 0 Å². The lowest BCUT2D eigenvalue weighted by molar-refractivity contribution is 0.466. The molecule has 2 aliphatic heterocycles. The van der Waals surface area contributed by atoms with Gasteiger partial charge in [-0.05, 0) is 38.1 Å². The van der Waals surface area contributed by atoms with Crippen LogP contribution in [-0.2, 0) is 5.41 Å². The maximum Gasteiger partial charge on any atom is 0.279 e. The van der Waals surface area contributed by atoms with Crippen LogP contribution in [0, 0.1) is 0 Å². The van der Waals surface area contributed by atoms with Crippen LogP contribution in [0.4, 0.5) is 5.69 Å². The number of hydrogen-bond acceptors (Lipinski definition) is 3. The quantitative estimate of drug-likeness (QED) is 0.305. The van der Waals surface area contributed by atoms with Crippen molar-refractivity contribution in [2.75, 3.05) is 5.32 Å². The fourth-order valence-electron chi connectivity index (χ4n) is 6.20. The van der Waals surface area contributed by atoms with E-state index in [9.17, 15) is 9.59 Å². The molecule has 6 heteroatoms. The molecule has 0 spiro atoms. The second-order valence-corrected chi connectivity index (χ2v) is 11.8. The summed E-state index contributed by atoms with van der Waals surface area (Å²) in [5, 5.41) is 5.06. The topological polar surface area (TPSA) is 71.3 Å². The predicted octanol–water partition coefficient (Wildman–Crippen LogP) is 5.23. The Bertz CT molecular complexity index is 2020. The highest BCUT2D eigenvalue weighted by molar-refractivity contribution is 5.91. The van der Waals surface area contributed by atoms with Gasteiger partial charge in [0.05, 0.1) is 0 Å². The van der Waals surface area contributed by atoms with E-state index in [1.165, 1.54) is 4.57 Å². The van der Waals surface area contributed by atoms with Crippen molar-refractivity contribution in [1.82, 2.24) is 14.0 Å². The molecule has 0 aliphatic carbocycles. The number of aromatic amines is 1. The van der Waals surface area contributed by atoms with E-state index in [2.05, 4.69) is 63.1 Å². The van der Waals surface area contributed by atoms with Crippen molar-refractivity contribution < 1.29 is 0 Å². The van der Waals surface area contributed by atoms with Crippen LogP contribution in [0.2, 0.25) is 0 Å². The van der Waals surface area contributed by atoms with Crippen LogP contribution >= 0.6 is 0 Å². The second-order valence-electron chi connectivity index (χ2n) is 11.8. The minimum Gasteiger partial charge on any atom is -0.379 e. The van der Waals surface area contributed by atoms with Gasteiger partial charge in [0, 0.05) is 67.7 Å². The summed E-state index contributed by atoms with van der Waals surface area (Å²) in [6, 6.07) is 18.1. The zero-order valence-corrected chi connectivity index (χ0v) is 22.2. The Morgan fingerprint density at radius 3 is 2.45 bits per heavy atom. The predicted molar refractivity (Wildman–Crippen MR) is 155 cm³/mol. The third kappa shape index (κ3) is 2.94. The van der Waals surface area contributed by atoms with Gasteiger partial charge in [-0.15, -0.1) is 0 Å². The summed E-state index contributed by atoms with van der Waals surface area (Å²) in [6.45, 7) is 10.6. The van der Waals surface area contributed by atoms with Gasteiger partial charge in [-0.3, -0.25) is 18.6 Å². The summed E-state index contributed by atoms with van der Waals surface area (Å²) >= 11 is 0. The van der Waals surface area contributed by atoms with Crippen molar-refractivity contribution >= 4 is 34.4 Å². The number of H-pyrrole nitrogens is 1. The lowest BCUT2D eigenvalue weighted by Crippen LogP contribution is -2.46. The number of benzene rings is 2. The third-order valence-electron chi connectivity index (χ3n) is 8.64. The number of rotatable bonds is 0. The molecule has 6 nitrogen and oxygen atoms in total. The summed E-state index contributed by atoms with van der Waals surface area (Å²) in [4.78, 5) is 32.1. The van der Waals surface area contributed by atoms with Crippen LogP contribution in [-0.4, -0.2) is 19.5 Å². The Balaban J connectivity index is 1.67. The number of allylic oxidation sites excluding steroid dienone is 1. The Hall–Kier alpha value is -4.32. The zero-order valence-electron chi connectivity index (χ0n) is 22.2. The van der Waals surface area contributed by atoms with Crippen molar-refractivity contribution in [2.24, 2.45) is 0 Å². The van der Waals surface area contributed by atoms with E-state index in [0.29, 0.717) is 10.9 Å². The molecule has 5 aromatic rings. The molecule has 0 unspecified atom stereocenters. The van der Waals surface area contributed by atoms with Crippen LogP contribution in [0.1, 0.15) is 57.5 Å². The van der Waals surface area contributed by atoms with E-state index in [1.807, 2.05) is 48.6 Å². The van der Waals surface area contributed by atoms with Gasteiger partial charge in [0.25, 0.3) is 11.1 Å². The average Bonchev–Trinajstić information content (AvgIpc) is 3.43. The molecular weight excluding hydrogens is 472 g/mol. The number of nitrogens with one attached hydrogen (secondary N) is 2. The van der Waals surface area contributed by atoms with Gasteiger partial charge in [-0.2, -0.15) is 0 Å². The van der Waals surface area contributed by atoms with Crippen LogP contribution in [0.3, 0.4) is 0 Å². The molecule has 2 N–H and O–H groups in total. The highest BCUT2D eigenvalue weighted by Crippen LogP contribution is 2.44. The second kappa shape index (κ2) is 7.38. The van der Waals surface area contributed by atoms with E-state index in [1.54, 1.807) is 10.6 Å². The number of anilines is 1. The maximum absolute atomic E-state index is 14.4. The Labute approximate surface area is 219 Å². The number of hydrogen-bond donors (Lipinski definition) is 2. The fourth-order valence-corrected chi connectivity index (χ4v) is 6.20. The Morgan fingerprint density at radius 1 is 0.895 bits per heavy atom. The van der Waals surface area contributed by atoms with Crippen molar-refractivity contribution in [3.63, 3.8) is 0 Å². The van der Waals surface area contributed by atoms with Crippen LogP contribution in [0.5, 0.6) is 0 Å². The largest absolute Gasteiger partial charge is 0.379 e. The van der Waals surface area contributed by atoms with Gasteiger partial charge < -0.3 is 10.3 Å². The average molecular weight is 503 g/mol. The van der Waals surface area contributed by atoms with Crippen molar-refractivity contribution in [3.8, 4) is 11.1 Å². The Morgan fingerprint density at radius 2 is 1.63 bits per heavy atom. The molecule has 7 rings (SSSR count). The molecule has 1 atom stereocenters. The zero-order chi connectivity index (χ0) is 26.6. The molecule has 0 saturated heterocycles. The van der Waals surface area contributed by atoms with Gasteiger partial charge in [0.1, 0.15) is 10.9 Å². The van der Waals surface area contributed by atoms with E-state index in [0.717, 1.165) is 44.7 Å². The number of nitrogens with zero attached hydrogens (tertiary/aromatic N) is 2. The van der Waals surface area contributed by atoms with Gasteiger partial charge in [0.15, 0.2) is 0 Å². The molecule has 3 aromatic heterocycles. The summed E-state index contributed by atoms with van der Waals surface area (Å²) in [7, 11) is 0. The number of fused-ring (bicyclic) bond motifs is 9. The first-order valence-electron chi connectivity index (χ1n) is 13.1. The standard InChI is InChI=1S/C32H30N4O2/c1-18-27-21(19-10-7-9-13-24(19)34-32(18,4)5)16-26-29(37)35-15-14-31(2,3)28-22(17-25(35)30(38)36(26)27)20-11-6-8-12-23(20)33-28/h6-18,33-34H,1-5H3/t18-/m1/s1. The van der Waals surface area contributed by atoms with Crippen LogP contribution < -0.4 is 21.8 Å². The molecule has 0 bridgehead atoms. The van der Waals surface area contributed by atoms with Crippen molar-refractivity contribution in [2.45, 2.75) is 51.5 Å². The molecule has 2 aliphatic rings. The molecule has 0 fully saturated rings. The third-order valence-corrected chi connectivity index (χ3v) is 8.64. The van der Waals surface area contributed by atoms with E-state index < -0.39 is 0 Å². The van der Waals surface area contributed by atoms with Crippen molar-refractivity contribution in [3.05, 3.63) is 104 Å². The van der Waals surface area contributed by atoms with E-state index in [-0.39, 0.29) is 28.0 Å². The summed E-state index contributed by atoms with van der Waals surface area (Å²) in [5.74, 6) is -0.0470. The minimum atomic E-state index is -0.376. The Kier molecular flexibility index (Phi) is 4.43. The minimum absolute atomic E-state index is 0.0470. The highest BCUT2D eigenvalue weighted by Gasteiger charge is 2.36. The molecule has 2 aromatic carbocycles. The normalized spacial score (nSPS) is 18.8. The molecular formula is C32H30N4O2. The molecule has 38 heavy (non-hydrogen) atoms. The lowest BCUT2D eigenvalue weighted by Gasteiger charge is -2.32. The van der Waals surface area contributed by atoms with E-state index >= 15 is 0 Å². The summed E-state index contributed by atoms with van der Waals surface area (Å²) in [5.41, 5.74) is 6.05. The molecule has 5 heterocycles. The summed E-state index contributed by atoms with van der Waals surface area (Å²) in [6.07, 6.45) is 5.67. The number of para-hydroxylation sites is 2. The fraction of sp³-hybridized carbons (Fsp3) is 0.250. The smallest absolute Gasteiger partial charge is 0.279 e. The first-order valence-corrected chi connectivity index (χ1v) is 13.1. The molecule has 0 saturated carbocycles. The van der Waals surface area contributed by atoms with Crippen LogP contribution in [0.15, 0.2) is 70.3 Å². The van der Waals surface area contributed by atoms with Gasteiger partial charge in [0.2, 0.25) is 0 Å². The first kappa shape index (κ1) is 22.8. The summed E-state index contributed by atoms with van der Waals surface area (Å²) < 4.78 is 3.20. The maximum atomic E-state index is 14.4. The molecule has 0 amide bonds. The van der Waals surface area contributed by atoms with Gasteiger partial charge >= 0.3 is 0 Å². The number of aromatic nitrogens is 3. The molecule has 190 valence electrons. The lowest BCUT2D eigenvalue weighted by atomic mass is 9.85. The monoisotopic (exact) mass is 502 g/mol. The van der Waals surface area contributed by atoms with E-state index in [4.69, 9.17) is 0 Å². The molecule has 0 radical (unpaired) electrons.